The number of ether oxygens (including phenoxy) is 1. The van der Waals surface area contributed by atoms with Gasteiger partial charge in [0.1, 0.15) is 5.82 Å². The van der Waals surface area contributed by atoms with Crippen LogP contribution in [0.15, 0.2) is 22.7 Å². The SMILES string of the molecule is COc1nc(N(C)C)sc1CNCc1cc(F)ccc1Br. The number of hydrogen-bond acceptors (Lipinski definition) is 5. The van der Waals surface area contributed by atoms with E-state index >= 15 is 0 Å². The molecule has 1 aromatic heterocycles. The van der Waals surface area contributed by atoms with E-state index in [1.807, 2.05) is 19.0 Å². The fourth-order valence-electron chi connectivity index (χ4n) is 1.78. The van der Waals surface area contributed by atoms with Crippen LogP contribution in [0.25, 0.3) is 0 Å². The predicted molar refractivity (Wildman–Crippen MR) is 87.6 cm³/mol. The van der Waals surface area contributed by atoms with Crippen LogP contribution in [-0.2, 0) is 13.1 Å². The summed E-state index contributed by atoms with van der Waals surface area (Å²) in [6, 6.07) is 4.67. The normalized spacial score (nSPS) is 10.7. The third-order valence-electron chi connectivity index (χ3n) is 2.83. The molecule has 0 aliphatic carbocycles. The fraction of sp³-hybridized carbons (Fsp3) is 0.357. The van der Waals surface area contributed by atoms with Crippen molar-refractivity contribution in [3.8, 4) is 5.88 Å². The quantitative estimate of drug-likeness (QED) is 0.841. The van der Waals surface area contributed by atoms with Gasteiger partial charge in [-0.05, 0) is 23.8 Å². The Balaban J connectivity index is 2.01. The second-order valence-corrected chi connectivity index (χ2v) is 6.58. The number of anilines is 1. The van der Waals surface area contributed by atoms with E-state index in [1.165, 1.54) is 12.1 Å². The highest BCUT2D eigenvalue weighted by molar-refractivity contribution is 9.10. The van der Waals surface area contributed by atoms with Gasteiger partial charge in [0.15, 0.2) is 5.13 Å². The number of nitrogens with zero attached hydrogens (tertiary/aromatic N) is 2. The van der Waals surface area contributed by atoms with Crippen LogP contribution in [0.2, 0.25) is 0 Å². The van der Waals surface area contributed by atoms with E-state index in [9.17, 15) is 4.39 Å². The molecule has 1 heterocycles. The minimum Gasteiger partial charge on any atom is -0.480 e. The molecule has 0 aliphatic heterocycles. The molecule has 0 atom stereocenters. The Morgan fingerprint density at radius 1 is 1.38 bits per heavy atom. The van der Waals surface area contributed by atoms with Gasteiger partial charge in [-0.2, -0.15) is 4.98 Å². The molecule has 0 fully saturated rings. The van der Waals surface area contributed by atoms with Gasteiger partial charge in [-0.1, -0.05) is 27.3 Å². The molecule has 2 aromatic rings. The van der Waals surface area contributed by atoms with E-state index in [1.54, 1.807) is 24.5 Å². The molecule has 21 heavy (non-hydrogen) atoms. The monoisotopic (exact) mass is 373 g/mol. The number of aromatic nitrogens is 1. The van der Waals surface area contributed by atoms with Crippen molar-refractivity contribution in [3.05, 3.63) is 38.9 Å². The molecule has 0 aliphatic rings. The molecule has 0 saturated carbocycles. The largest absolute Gasteiger partial charge is 0.480 e. The van der Waals surface area contributed by atoms with Crippen molar-refractivity contribution in [2.45, 2.75) is 13.1 Å². The van der Waals surface area contributed by atoms with E-state index in [2.05, 4.69) is 26.2 Å². The summed E-state index contributed by atoms with van der Waals surface area (Å²) in [5.74, 6) is 0.398. The van der Waals surface area contributed by atoms with Gasteiger partial charge < -0.3 is 15.0 Å². The first-order valence-corrected chi connectivity index (χ1v) is 7.98. The zero-order chi connectivity index (χ0) is 15.4. The van der Waals surface area contributed by atoms with Crippen molar-refractivity contribution in [2.24, 2.45) is 0 Å². The van der Waals surface area contributed by atoms with Gasteiger partial charge >= 0.3 is 0 Å². The van der Waals surface area contributed by atoms with E-state index in [-0.39, 0.29) is 5.82 Å². The van der Waals surface area contributed by atoms with Crippen molar-refractivity contribution in [3.63, 3.8) is 0 Å². The summed E-state index contributed by atoms with van der Waals surface area (Å²) in [6.07, 6.45) is 0. The summed E-state index contributed by atoms with van der Waals surface area (Å²) in [5.41, 5.74) is 0.881. The smallest absolute Gasteiger partial charge is 0.230 e. The second-order valence-electron chi connectivity index (χ2n) is 4.66. The Morgan fingerprint density at radius 3 is 2.81 bits per heavy atom. The Kier molecular flexibility index (Phi) is 5.55. The highest BCUT2D eigenvalue weighted by Crippen LogP contribution is 2.30. The first-order valence-electron chi connectivity index (χ1n) is 6.37. The van der Waals surface area contributed by atoms with Gasteiger partial charge in [0.2, 0.25) is 5.88 Å². The molecule has 4 nitrogen and oxygen atoms in total. The molecule has 0 amide bonds. The van der Waals surface area contributed by atoms with Crippen LogP contribution < -0.4 is 15.0 Å². The summed E-state index contributed by atoms with van der Waals surface area (Å²) in [7, 11) is 5.50. The van der Waals surface area contributed by atoms with Crippen LogP contribution >= 0.6 is 27.3 Å². The van der Waals surface area contributed by atoms with Crippen LogP contribution in [0.5, 0.6) is 5.88 Å². The number of hydrogen-bond donors (Lipinski definition) is 1. The summed E-state index contributed by atoms with van der Waals surface area (Å²) in [5, 5.41) is 4.19. The van der Waals surface area contributed by atoms with Crippen LogP contribution in [0.4, 0.5) is 9.52 Å². The Hall–Kier alpha value is -1.18. The zero-order valence-electron chi connectivity index (χ0n) is 12.1. The molecule has 2 rings (SSSR count). The fourth-order valence-corrected chi connectivity index (χ4v) is 3.09. The first kappa shape index (κ1) is 16.2. The number of benzene rings is 1. The lowest BCUT2D eigenvalue weighted by molar-refractivity contribution is 0.394. The van der Waals surface area contributed by atoms with Crippen molar-refractivity contribution >= 4 is 32.4 Å². The maximum Gasteiger partial charge on any atom is 0.230 e. The minimum absolute atomic E-state index is 0.236. The third kappa shape index (κ3) is 4.15. The molecule has 114 valence electrons. The van der Waals surface area contributed by atoms with Crippen molar-refractivity contribution in [1.29, 1.82) is 0 Å². The average Bonchev–Trinajstić information content (AvgIpc) is 2.86. The Bertz CT molecular complexity index is 618. The summed E-state index contributed by atoms with van der Waals surface area (Å²) < 4.78 is 19.4. The molecule has 0 spiro atoms. The van der Waals surface area contributed by atoms with Crippen LogP contribution in [0, 0.1) is 5.82 Å². The summed E-state index contributed by atoms with van der Waals surface area (Å²) >= 11 is 5.00. The lowest BCUT2D eigenvalue weighted by atomic mass is 10.2. The molecule has 1 N–H and O–H groups in total. The highest BCUT2D eigenvalue weighted by Gasteiger charge is 2.13. The highest BCUT2D eigenvalue weighted by atomic mass is 79.9. The average molecular weight is 374 g/mol. The number of thiazole rings is 1. The van der Waals surface area contributed by atoms with Gasteiger partial charge in [-0.3, -0.25) is 0 Å². The minimum atomic E-state index is -0.236. The Labute approximate surface area is 136 Å². The molecule has 7 heteroatoms. The molecule has 0 unspecified atom stereocenters. The topological polar surface area (TPSA) is 37.4 Å². The van der Waals surface area contributed by atoms with E-state index in [0.717, 1.165) is 20.0 Å². The van der Waals surface area contributed by atoms with Crippen molar-refractivity contribution in [2.75, 3.05) is 26.1 Å². The molecule has 0 bridgehead atoms. The second kappa shape index (κ2) is 7.20. The van der Waals surface area contributed by atoms with Gasteiger partial charge in [-0.15, -0.1) is 0 Å². The summed E-state index contributed by atoms with van der Waals surface area (Å²) in [4.78, 5) is 7.36. The zero-order valence-corrected chi connectivity index (χ0v) is 14.5. The van der Waals surface area contributed by atoms with Crippen LogP contribution in [-0.4, -0.2) is 26.2 Å². The van der Waals surface area contributed by atoms with Gasteiger partial charge in [0.25, 0.3) is 0 Å². The number of rotatable bonds is 6. The lowest BCUT2D eigenvalue weighted by Gasteiger charge is -2.07. The van der Waals surface area contributed by atoms with E-state index in [0.29, 0.717) is 19.0 Å². The molecule has 0 saturated heterocycles. The van der Waals surface area contributed by atoms with Crippen molar-refractivity contribution < 1.29 is 9.13 Å². The van der Waals surface area contributed by atoms with E-state index in [4.69, 9.17) is 4.74 Å². The number of halogens is 2. The third-order valence-corrected chi connectivity index (χ3v) is 4.81. The molecule has 1 aromatic carbocycles. The lowest BCUT2D eigenvalue weighted by Crippen LogP contribution is -2.13. The number of methoxy groups -OCH3 is 1. The van der Waals surface area contributed by atoms with Crippen molar-refractivity contribution in [1.82, 2.24) is 10.3 Å². The summed E-state index contributed by atoms with van der Waals surface area (Å²) in [6.45, 7) is 1.19. The predicted octanol–water partition coefficient (Wildman–Crippen LogP) is 3.41. The van der Waals surface area contributed by atoms with E-state index < -0.39 is 0 Å². The Morgan fingerprint density at radius 2 is 2.14 bits per heavy atom. The van der Waals surface area contributed by atoms with Crippen LogP contribution in [0.3, 0.4) is 0 Å². The molecular formula is C14H17BrFN3OS. The molecule has 0 radical (unpaired) electrons. The maximum absolute atomic E-state index is 13.2. The maximum atomic E-state index is 13.2. The number of nitrogens with one attached hydrogen (secondary N) is 1. The molecular weight excluding hydrogens is 357 g/mol. The van der Waals surface area contributed by atoms with Gasteiger partial charge in [0.05, 0.1) is 12.0 Å². The first-order chi connectivity index (χ1) is 10.0. The standard InChI is InChI=1S/C14H17BrFN3OS/c1-19(2)14-18-13(20-3)12(21-14)8-17-7-9-6-10(16)4-5-11(9)15/h4-6,17H,7-8H2,1-3H3. The van der Waals surface area contributed by atoms with Gasteiger partial charge in [0, 0.05) is 31.7 Å². The van der Waals surface area contributed by atoms with Crippen LogP contribution in [0.1, 0.15) is 10.4 Å². The van der Waals surface area contributed by atoms with Gasteiger partial charge in [-0.25, -0.2) is 4.39 Å².